The molecule has 6 nitrogen and oxygen atoms in total. The van der Waals surface area contributed by atoms with Crippen LogP contribution in [-0.2, 0) is 4.79 Å². The van der Waals surface area contributed by atoms with E-state index in [4.69, 9.17) is 5.73 Å². The number of imide groups is 1. The van der Waals surface area contributed by atoms with Gasteiger partial charge in [-0.2, -0.15) is 0 Å². The standard InChI is InChI=1S/C18H23N3O3.ClH/c1-18(2)11-20(9-7-14(18)19)15(22)8-10-21-16(23)12-5-3-4-6-13(12)17(21)24;/h3-6,14H,7-11,19H2,1-2H3;1H. The zero-order valence-corrected chi connectivity index (χ0v) is 15.3. The number of carbonyl (C=O) groups excluding carboxylic acids is 3. The molecule has 136 valence electrons. The van der Waals surface area contributed by atoms with Crippen LogP contribution in [0, 0.1) is 5.41 Å². The number of halogens is 1. The summed E-state index contributed by atoms with van der Waals surface area (Å²) in [5.41, 5.74) is 6.81. The number of benzene rings is 1. The van der Waals surface area contributed by atoms with Gasteiger partial charge in [0.2, 0.25) is 5.91 Å². The van der Waals surface area contributed by atoms with E-state index in [1.165, 1.54) is 4.90 Å². The van der Waals surface area contributed by atoms with Gasteiger partial charge >= 0.3 is 0 Å². The highest BCUT2D eigenvalue weighted by molar-refractivity contribution is 6.21. The Balaban J connectivity index is 0.00000225. The molecule has 0 bridgehead atoms. The molecule has 0 spiro atoms. The van der Waals surface area contributed by atoms with Gasteiger partial charge in [-0.15, -0.1) is 12.4 Å². The Morgan fingerprint density at radius 2 is 1.76 bits per heavy atom. The SMILES string of the molecule is CC1(C)CN(C(=O)CCN2C(=O)c3ccccc3C2=O)CCC1N.Cl. The highest BCUT2D eigenvalue weighted by atomic mass is 35.5. The van der Waals surface area contributed by atoms with Crippen LogP contribution in [-0.4, -0.2) is 53.2 Å². The summed E-state index contributed by atoms with van der Waals surface area (Å²) in [6.45, 7) is 5.47. The summed E-state index contributed by atoms with van der Waals surface area (Å²) < 4.78 is 0. The predicted octanol–water partition coefficient (Wildman–Crippen LogP) is 1.68. The van der Waals surface area contributed by atoms with Gasteiger partial charge in [-0.3, -0.25) is 19.3 Å². The van der Waals surface area contributed by atoms with Gasteiger partial charge in [0.05, 0.1) is 11.1 Å². The van der Waals surface area contributed by atoms with Crippen LogP contribution in [0.3, 0.4) is 0 Å². The highest BCUT2D eigenvalue weighted by Crippen LogP contribution is 2.28. The molecule has 2 heterocycles. The Labute approximate surface area is 153 Å². The Morgan fingerprint density at radius 1 is 1.20 bits per heavy atom. The Kier molecular flexibility index (Phi) is 5.54. The molecule has 1 saturated heterocycles. The van der Waals surface area contributed by atoms with Crippen molar-refractivity contribution >= 4 is 30.1 Å². The lowest BCUT2D eigenvalue weighted by molar-refractivity contribution is -0.134. The lowest BCUT2D eigenvalue weighted by Crippen LogP contribution is -2.54. The molecule has 0 aromatic heterocycles. The summed E-state index contributed by atoms with van der Waals surface area (Å²) in [5, 5.41) is 0. The van der Waals surface area contributed by atoms with E-state index in [0.717, 1.165) is 6.42 Å². The topological polar surface area (TPSA) is 83.7 Å². The predicted molar refractivity (Wildman–Crippen MR) is 96.6 cm³/mol. The monoisotopic (exact) mass is 365 g/mol. The second kappa shape index (κ2) is 7.14. The van der Waals surface area contributed by atoms with Gasteiger partial charge in [0.15, 0.2) is 0 Å². The summed E-state index contributed by atoms with van der Waals surface area (Å²) in [6, 6.07) is 6.84. The van der Waals surface area contributed by atoms with Crippen molar-refractivity contribution in [3.8, 4) is 0 Å². The third-order valence-electron chi connectivity index (χ3n) is 5.09. The van der Waals surface area contributed by atoms with Crippen LogP contribution >= 0.6 is 12.4 Å². The van der Waals surface area contributed by atoms with E-state index in [1.807, 2.05) is 0 Å². The van der Waals surface area contributed by atoms with E-state index in [2.05, 4.69) is 13.8 Å². The molecule has 3 amide bonds. The minimum Gasteiger partial charge on any atom is -0.342 e. The number of likely N-dealkylation sites (tertiary alicyclic amines) is 1. The molecule has 1 unspecified atom stereocenters. The molecule has 1 aromatic carbocycles. The first-order valence-corrected chi connectivity index (χ1v) is 8.30. The summed E-state index contributed by atoms with van der Waals surface area (Å²) in [6.07, 6.45) is 0.919. The van der Waals surface area contributed by atoms with Gasteiger partial charge in [0, 0.05) is 32.1 Å². The molecule has 1 aromatic rings. The van der Waals surface area contributed by atoms with Crippen LogP contribution in [0.15, 0.2) is 24.3 Å². The van der Waals surface area contributed by atoms with Gasteiger partial charge in [-0.25, -0.2) is 0 Å². The fraction of sp³-hybridized carbons (Fsp3) is 0.500. The van der Waals surface area contributed by atoms with Crippen molar-refractivity contribution < 1.29 is 14.4 Å². The van der Waals surface area contributed by atoms with E-state index >= 15 is 0 Å². The lowest BCUT2D eigenvalue weighted by Gasteiger charge is -2.42. The molecule has 2 aliphatic heterocycles. The second-order valence-corrected chi connectivity index (χ2v) is 7.26. The van der Waals surface area contributed by atoms with Crippen molar-refractivity contribution in [2.45, 2.75) is 32.7 Å². The maximum absolute atomic E-state index is 12.5. The number of nitrogens with zero attached hydrogens (tertiary/aromatic N) is 2. The molecule has 3 rings (SSSR count). The molecule has 0 aliphatic carbocycles. The van der Waals surface area contributed by atoms with Gasteiger partial charge < -0.3 is 10.6 Å². The molecule has 1 fully saturated rings. The summed E-state index contributed by atoms with van der Waals surface area (Å²) in [4.78, 5) is 40.0. The van der Waals surface area contributed by atoms with Crippen LogP contribution in [0.4, 0.5) is 0 Å². The van der Waals surface area contributed by atoms with Gasteiger partial charge in [-0.1, -0.05) is 26.0 Å². The number of carbonyl (C=O) groups is 3. The average molecular weight is 366 g/mol. The maximum Gasteiger partial charge on any atom is 0.261 e. The number of rotatable bonds is 3. The number of amides is 3. The molecular weight excluding hydrogens is 342 g/mol. The van der Waals surface area contributed by atoms with Crippen molar-refractivity contribution in [1.29, 1.82) is 0 Å². The third-order valence-corrected chi connectivity index (χ3v) is 5.09. The van der Waals surface area contributed by atoms with Crippen molar-refractivity contribution in [2.24, 2.45) is 11.1 Å². The van der Waals surface area contributed by atoms with Crippen LogP contribution < -0.4 is 5.73 Å². The van der Waals surface area contributed by atoms with E-state index in [1.54, 1.807) is 29.2 Å². The summed E-state index contributed by atoms with van der Waals surface area (Å²) >= 11 is 0. The first kappa shape index (κ1) is 19.4. The van der Waals surface area contributed by atoms with Crippen molar-refractivity contribution in [3.05, 3.63) is 35.4 Å². The van der Waals surface area contributed by atoms with E-state index in [-0.39, 0.29) is 54.6 Å². The molecule has 0 saturated carbocycles. The van der Waals surface area contributed by atoms with E-state index in [9.17, 15) is 14.4 Å². The Hall–Kier alpha value is -1.92. The number of fused-ring (bicyclic) bond motifs is 1. The first-order chi connectivity index (χ1) is 11.3. The van der Waals surface area contributed by atoms with Gasteiger partial charge in [0.1, 0.15) is 0 Å². The van der Waals surface area contributed by atoms with E-state index in [0.29, 0.717) is 24.2 Å². The van der Waals surface area contributed by atoms with Gasteiger partial charge in [0.25, 0.3) is 11.8 Å². The summed E-state index contributed by atoms with van der Waals surface area (Å²) in [7, 11) is 0. The molecule has 1 atom stereocenters. The molecule has 25 heavy (non-hydrogen) atoms. The molecule has 2 N–H and O–H groups in total. The van der Waals surface area contributed by atoms with Crippen molar-refractivity contribution in [1.82, 2.24) is 9.80 Å². The fourth-order valence-corrected chi connectivity index (χ4v) is 3.39. The molecule has 2 aliphatic rings. The minimum atomic E-state index is -0.315. The zero-order valence-electron chi connectivity index (χ0n) is 14.5. The maximum atomic E-state index is 12.5. The number of nitrogens with two attached hydrogens (primary N) is 1. The quantitative estimate of drug-likeness (QED) is 0.826. The fourth-order valence-electron chi connectivity index (χ4n) is 3.39. The Bertz CT molecular complexity index is 670. The second-order valence-electron chi connectivity index (χ2n) is 7.26. The molecule has 0 radical (unpaired) electrons. The largest absolute Gasteiger partial charge is 0.342 e. The Morgan fingerprint density at radius 3 is 2.28 bits per heavy atom. The minimum absolute atomic E-state index is 0. The summed E-state index contributed by atoms with van der Waals surface area (Å²) in [5.74, 6) is -0.666. The number of hydrogen-bond acceptors (Lipinski definition) is 4. The van der Waals surface area contributed by atoms with Crippen molar-refractivity contribution in [3.63, 3.8) is 0 Å². The molecular formula is C18H24ClN3O3. The van der Waals surface area contributed by atoms with Crippen LogP contribution in [0.1, 0.15) is 47.4 Å². The van der Waals surface area contributed by atoms with E-state index < -0.39 is 0 Å². The number of hydrogen-bond donors (Lipinski definition) is 1. The van der Waals surface area contributed by atoms with Crippen molar-refractivity contribution in [2.75, 3.05) is 19.6 Å². The van der Waals surface area contributed by atoms with Gasteiger partial charge in [-0.05, 0) is 24.0 Å². The first-order valence-electron chi connectivity index (χ1n) is 8.30. The van der Waals surface area contributed by atoms with Crippen LogP contribution in [0.5, 0.6) is 0 Å². The lowest BCUT2D eigenvalue weighted by atomic mass is 9.79. The van der Waals surface area contributed by atoms with Crippen LogP contribution in [0.2, 0.25) is 0 Å². The highest BCUT2D eigenvalue weighted by Gasteiger charge is 2.37. The third kappa shape index (κ3) is 3.55. The molecule has 7 heteroatoms. The average Bonchev–Trinajstić information content (AvgIpc) is 2.79. The zero-order chi connectivity index (χ0) is 17.5. The normalized spacial score (nSPS) is 21.8. The van der Waals surface area contributed by atoms with Crippen LogP contribution in [0.25, 0.3) is 0 Å². The number of piperidine rings is 1. The smallest absolute Gasteiger partial charge is 0.261 e.